The molecule has 0 radical (unpaired) electrons. The van der Waals surface area contributed by atoms with E-state index in [2.05, 4.69) is 9.72 Å². The number of aliphatic hydroxyl groups excluding tert-OH is 1. The van der Waals surface area contributed by atoms with Gasteiger partial charge in [0, 0.05) is 12.4 Å². The molecule has 1 aromatic heterocycles. The molecule has 0 fully saturated rings. The van der Waals surface area contributed by atoms with Crippen LogP contribution in [-0.2, 0) is 14.3 Å². The van der Waals surface area contributed by atoms with E-state index in [-0.39, 0.29) is 5.57 Å². The van der Waals surface area contributed by atoms with E-state index in [1.165, 1.54) is 18.5 Å². The van der Waals surface area contributed by atoms with Crippen molar-refractivity contribution in [1.82, 2.24) is 4.98 Å². The molecule has 1 aromatic rings. The minimum absolute atomic E-state index is 0.284. The first kappa shape index (κ1) is 15.4. The number of nitrogens with zero attached hydrogens (tertiary/aromatic N) is 2. The van der Waals surface area contributed by atoms with Gasteiger partial charge in [0.1, 0.15) is 5.57 Å². The number of carbonyl (C=O) groups excluding carboxylic acids is 2. The monoisotopic (exact) mass is 280 g/mol. The molecule has 8 heteroatoms. The number of hydrogen-bond acceptors (Lipinski definition) is 7. The van der Waals surface area contributed by atoms with E-state index < -0.39 is 29.5 Å². The molecule has 1 rings (SSSR count). The lowest BCUT2D eigenvalue weighted by atomic mass is 10.1. The van der Waals surface area contributed by atoms with Crippen molar-refractivity contribution in [1.29, 1.82) is 0 Å². The quantitative estimate of drug-likeness (QED) is 0.150. The van der Waals surface area contributed by atoms with Crippen LogP contribution >= 0.6 is 0 Å². The maximum absolute atomic E-state index is 11.7. The first-order valence-electron chi connectivity index (χ1n) is 5.53. The molecule has 1 heterocycles. The van der Waals surface area contributed by atoms with Crippen LogP contribution in [0.15, 0.2) is 30.1 Å². The van der Waals surface area contributed by atoms with Crippen LogP contribution in [0.25, 0.3) is 6.08 Å². The molecule has 106 valence electrons. The predicted octanol–water partition coefficient (Wildman–Crippen LogP) is 0.192. The van der Waals surface area contributed by atoms with Crippen LogP contribution in [0.5, 0.6) is 0 Å². The molecular formula is C12H12N2O6. The smallest absolute Gasteiger partial charge is 0.347 e. The fourth-order valence-corrected chi connectivity index (χ4v) is 1.22. The molecule has 0 aliphatic carbocycles. The molecule has 0 spiro atoms. The zero-order valence-electron chi connectivity index (χ0n) is 10.6. The van der Waals surface area contributed by atoms with E-state index >= 15 is 0 Å². The van der Waals surface area contributed by atoms with Crippen LogP contribution in [0.4, 0.5) is 0 Å². The van der Waals surface area contributed by atoms with Gasteiger partial charge in [-0.2, -0.15) is 0 Å². The number of ketones is 1. The van der Waals surface area contributed by atoms with Crippen molar-refractivity contribution < 1.29 is 24.4 Å². The molecule has 0 amide bonds. The van der Waals surface area contributed by atoms with Crippen LogP contribution in [0.2, 0.25) is 0 Å². The van der Waals surface area contributed by atoms with Gasteiger partial charge < -0.3 is 9.84 Å². The normalized spacial score (nSPS) is 12.6. The van der Waals surface area contributed by atoms with Crippen molar-refractivity contribution in [2.45, 2.75) is 13.2 Å². The van der Waals surface area contributed by atoms with Crippen LogP contribution in [0.3, 0.4) is 0 Å². The third-order valence-electron chi connectivity index (χ3n) is 2.20. The van der Waals surface area contributed by atoms with Gasteiger partial charge in [0.05, 0.1) is 4.92 Å². The van der Waals surface area contributed by atoms with Crippen LogP contribution < -0.4 is 0 Å². The van der Waals surface area contributed by atoms with E-state index in [0.29, 0.717) is 5.56 Å². The Morgan fingerprint density at radius 2 is 2.30 bits per heavy atom. The summed E-state index contributed by atoms with van der Waals surface area (Å²) in [5, 5.41) is 19.1. The number of aliphatic hydroxyl groups is 1. The fraction of sp³-hybridized carbons (Fsp3) is 0.250. The standard InChI is InChI=1S/C12H12N2O6/c1-8(15)10(5-9-3-2-4-13-6-9)12(17)20-7-11(16)14(18)19/h2-6,11,16H,7H2,1H3. The van der Waals surface area contributed by atoms with Crippen molar-refractivity contribution in [2.24, 2.45) is 0 Å². The maximum Gasteiger partial charge on any atom is 0.347 e. The average molecular weight is 280 g/mol. The van der Waals surface area contributed by atoms with Gasteiger partial charge in [-0.05, 0) is 24.6 Å². The lowest BCUT2D eigenvalue weighted by Crippen LogP contribution is -2.27. The minimum Gasteiger partial charge on any atom is -0.452 e. The van der Waals surface area contributed by atoms with Crippen molar-refractivity contribution in [2.75, 3.05) is 6.61 Å². The van der Waals surface area contributed by atoms with Crippen molar-refractivity contribution in [3.8, 4) is 0 Å². The van der Waals surface area contributed by atoms with Gasteiger partial charge in [-0.15, -0.1) is 0 Å². The highest BCUT2D eigenvalue weighted by Gasteiger charge is 2.21. The number of nitro groups is 1. The van der Waals surface area contributed by atoms with E-state index in [0.717, 1.165) is 6.92 Å². The lowest BCUT2D eigenvalue weighted by Gasteiger charge is -2.06. The SMILES string of the molecule is CC(=O)C(=Cc1cccnc1)C(=O)OCC(O)[N+](=O)[O-]. The molecule has 0 saturated carbocycles. The van der Waals surface area contributed by atoms with Gasteiger partial charge in [0.25, 0.3) is 0 Å². The second kappa shape index (κ2) is 7.10. The van der Waals surface area contributed by atoms with E-state index in [4.69, 9.17) is 5.11 Å². The molecule has 8 nitrogen and oxygen atoms in total. The van der Waals surface area contributed by atoms with Crippen molar-refractivity contribution >= 4 is 17.8 Å². The summed E-state index contributed by atoms with van der Waals surface area (Å²) in [6, 6.07) is 3.24. The van der Waals surface area contributed by atoms with E-state index in [1.807, 2.05) is 0 Å². The van der Waals surface area contributed by atoms with Gasteiger partial charge in [-0.3, -0.25) is 19.9 Å². The summed E-state index contributed by atoms with van der Waals surface area (Å²) in [6.45, 7) is 0.330. The molecule has 0 saturated heterocycles. The zero-order chi connectivity index (χ0) is 15.1. The third-order valence-corrected chi connectivity index (χ3v) is 2.20. The summed E-state index contributed by atoms with van der Waals surface area (Å²) < 4.78 is 4.52. The first-order valence-corrected chi connectivity index (χ1v) is 5.53. The number of pyridine rings is 1. The number of Topliss-reactive ketones (excluding diaryl/α,β-unsaturated/α-hetero) is 1. The Morgan fingerprint density at radius 3 is 2.80 bits per heavy atom. The van der Waals surface area contributed by atoms with Crippen LogP contribution in [0.1, 0.15) is 12.5 Å². The summed E-state index contributed by atoms with van der Waals surface area (Å²) in [4.78, 5) is 36.0. The van der Waals surface area contributed by atoms with Gasteiger partial charge >= 0.3 is 12.2 Å². The minimum atomic E-state index is -2.02. The number of carbonyl (C=O) groups is 2. The number of rotatable bonds is 6. The number of hydrogen-bond donors (Lipinski definition) is 1. The van der Waals surface area contributed by atoms with Crippen molar-refractivity contribution in [3.05, 3.63) is 45.8 Å². The highest BCUT2D eigenvalue weighted by molar-refractivity contribution is 6.19. The third kappa shape index (κ3) is 4.58. The molecule has 0 aromatic carbocycles. The van der Waals surface area contributed by atoms with Gasteiger partial charge in [0.2, 0.25) is 0 Å². The predicted molar refractivity (Wildman–Crippen MR) is 66.9 cm³/mol. The largest absolute Gasteiger partial charge is 0.452 e. The van der Waals surface area contributed by atoms with Crippen LogP contribution in [0, 0.1) is 10.1 Å². The molecule has 0 aliphatic rings. The van der Waals surface area contributed by atoms with Crippen molar-refractivity contribution in [3.63, 3.8) is 0 Å². The average Bonchev–Trinajstić information content (AvgIpc) is 2.42. The fourth-order valence-electron chi connectivity index (χ4n) is 1.22. The summed E-state index contributed by atoms with van der Waals surface area (Å²) >= 11 is 0. The topological polar surface area (TPSA) is 120 Å². The molecule has 0 aliphatic heterocycles. The Hall–Kier alpha value is -2.61. The first-order chi connectivity index (χ1) is 9.41. The Morgan fingerprint density at radius 1 is 1.60 bits per heavy atom. The summed E-state index contributed by atoms with van der Waals surface area (Å²) in [5.41, 5.74) is 0.220. The Bertz CT molecular complexity index is 540. The van der Waals surface area contributed by atoms with E-state index in [9.17, 15) is 19.7 Å². The second-order valence-electron chi connectivity index (χ2n) is 3.76. The molecular weight excluding hydrogens is 268 g/mol. The maximum atomic E-state index is 11.7. The van der Waals surface area contributed by atoms with E-state index in [1.54, 1.807) is 12.1 Å². The lowest BCUT2D eigenvalue weighted by molar-refractivity contribution is -0.572. The highest BCUT2D eigenvalue weighted by Crippen LogP contribution is 2.08. The molecule has 1 N–H and O–H groups in total. The summed E-state index contributed by atoms with van der Waals surface area (Å²) in [5.74, 6) is -1.60. The number of ether oxygens (including phenoxy) is 1. The second-order valence-corrected chi connectivity index (χ2v) is 3.76. The van der Waals surface area contributed by atoms with Gasteiger partial charge in [-0.1, -0.05) is 6.07 Å². The van der Waals surface area contributed by atoms with Gasteiger partial charge in [-0.25, -0.2) is 4.79 Å². The van der Waals surface area contributed by atoms with Crippen LogP contribution in [-0.4, -0.2) is 39.6 Å². The highest BCUT2D eigenvalue weighted by atomic mass is 16.7. The number of aromatic nitrogens is 1. The summed E-state index contributed by atoms with van der Waals surface area (Å²) in [7, 11) is 0. The zero-order valence-corrected chi connectivity index (χ0v) is 10.6. The summed E-state index contributed by atoms with van der Waals surface area (Å²) in [6.07, 6.45) is 2.19. The number of esters is 1. The van der Waals surface area contributed by atoms with Gasteiger partial charge in [0.15, 0.2) is 12.4 Å². The Labute approximate surface area is 113 Å². The molecule has 1 unspecified atom stereocenters. The molecule has 20 heavy (non-hydrogen) atoms. The molecule has 1 atom stereocenters. The Kier molecular flexibility index (Phi) is 5.48. The molecule has 0 bridgehead atoms. The Balaban J connectivity index is 2.82.